The first-order chi connectivity index (χ1) is 18.8. The topological polar surface area (TPSA) is 116 Å². The number of alkyl carbamates (subject to hydrolysis) is 1. The number of aromatic nitrogens is 2. The molecule has 3 N–H and O–H groups in total. The van der Waals surface area contributed by atoms with E-state index >= 15 is 0 Å². The number of nitrogens with one attached hydrogen (secondary N) is 3. The first-order valence-electron chi connectivity index (χ1n) is 13.4. The lowest BCUT2D eigenvalue weighted by atomic mass is 9.96. The van der Waals surface area contributed by atoms with E-state index in [1.54, 1.807) is 6.07 Å². The number of rotatable bonds is 7. The lowest BCUT2D eigenvalue weighted by molar-refractivity contribution is -0.137. The highest BCUT2D eigenvalue weighted by Crippen LogP contribution is 2.45. The molecule has 3 amide bonds. The monoisotopic (exact) mass is 581 g/mol. The maximum Gasteiger partial charge on any atom is 0.419 e. The number of alkyl halides is 3. The first-order valence-corrected chi connectivity index (χ1v) is 13.8. The molecule has 2 saturated carbocycles. The molecule has 1 aromatic heterocycles. The van der Waals surface area contributed by atoms with Crippen molar-refractivity contribution in [2.75, 3.05) is 16.8 Å². The van der Waals surface area contributed by atoms with Crippen molar-refractivity contribution in [2.45, 2.75) is 88.4 Å². The van der Waals surface area contributed by atoms with Crippen LogP contribution in [0.1, 0.15) is 87.4 Å². The number of aromatic amines is 1. The lowest BCUT2D eigenvalue weighted by Crippen LogP contribution is -2.36. The minimum Gasteiger partial charge on any atom is -0.446 e. The number of benzene rings is 1. The van der Waals surface area contributed by atoms with Gasteiger partial charge in [-0.15, -0.1) is 0 Å². The number of hydrogen-bond donors (Lipinski definition) is 3. The van der Waals surface area contributed by atoms with Gasteiger partial charge in [0.2, 0.25) is 11.8 Å². The molecule has 0 radical (unpaired) electrons. The number of hydrogen-bond acceptors (Lipinski definition) is 5. The zero-order valence-electron chi connectivity index (χ0n) is 22.2. The van der Waals surface area contributed by atoms with Gasteiger partial charge in [-0.1, -0.05) is 17.7 Å². The molecule has 3 aliphatic rings. The average molecular weight is 582 g/mol. The molecule has 13 heteroatoms. The Morgan fingerprint density at radius 3 is 2.67 bits per heavy atom. The Kier molecular flexibility index (Phi) is 7.49. The average Bonchev–Trinajstić information content (AvgIpc) is 3.28. The molecule has 1 unspecified atom stereocenters. The molecular formula is C27H31ClF3N5O4. The summed E-state index contributed by atoms with van der Waals surface area (Å²) in [4.78, 5) is 38.3. The zero-order valence-corrected chi connectivity index (χ0v) is 22.9. The third kappa shape index (κ3) is 5.91. The molecule has 2 aliphatic carbocycles. The molecule has 5 rings (SSSR count). The summed E-state index contributed by atoms with van der Waals surface area (Å²) in [6, 6.07) is 4.23. The van der Waals surface area contributed by atoms with Gasteiger partial charge in [-0.05, 0) is 64.0 Å². The van der Waals surface area contributed by atoms with E-state index in [1.165, 1.54) is 19.1 Å². The molecule has 2 aromatic rings. The van der Waals surface area contributed by atoms with Crippen molar-refractivity contribution in [1.29, 1.82) is 0 Å². The van der Waals surface area contributed by atoms with Crippen LogP contribution in [-0.2, 0) is 20.5 Å². The number of nitrogens with zero attached hydrogens (tertiary/aromatic N) is 2. The highest BCUT2D eigenvalue weighted by molar-refractivity contribution is 6.33. The molecule has 2 heterocycles. The molecule has 216 valence electrons. The van der Waals surface area contributed by atoms with E-state index in [-0.39, 0.29) is 47.6 Å². The van der Waals surface area contributed by atoms with Crippen LogP contribution in [0.3, 0.4) is 0 Å². The third-order valence-corrected chi connectivity index (χ3v) is 8.42. The molecule has 0 spiro atoms. The Labute approximate surface area is 234 Å². The number of amides is 3. The van der Waals surface area contributed by atoms with Crippen LogP contribution in [-0.4, -0.2) is 46.3 Å². The van der Waals surface area contributed by atoms with Crippen molar-refractivity contribution in [3.05, 3.63) is 40.0 Å². The van der Waals surface area contributed by atoms with Crippen LogP contribution < -0.4 is 15.5 Å². The van der Waals surface area contributed by atoms with Crippen LogP contribution in [0.15, 0.2) is 18.2 Å². The molecule has 1 aromatic carbocycles. The van der Waals surface area contributed by atoms with Gasteiger partial charge in [-0.2, -0.15) is 18.3 Å². The summed E-state index contributed by atoms with van der Waals surface area (Å²) in [6.07, 6.45) is -0.866. The highest BCUT2D eigenvalue weighted by atomic mass is 35.5. The number of halogens is 4. The summed E-state index contributed by atoms with van der Waals surface area (Å²) in [7, 11) is 0. The number of anilines is 2. The van der Waals surface area contributed by atoms with Crippen molar-refractivity contribution in [3.8, 4) is 0 Å². The van der Waals surface area contributed by atoms with Crippen LogP contribution in [0.5, 0.6) is 0 Å². The molecule has 1 saturated heterocycles. The Balaban J connectivity index is 1.24. The standard InChI is InChI=1S/C27H31ClF3N5O4/c1-14(17-7-8-19(36-11-3-4-21(36)37)22(23(17)28)27(29,30)31)24(38)32-20-13-18(34-35-20)15-5-6-16(12-15)40-25(39)33-26(2)9-10-26/h7-8,13-16H,3-6,9-12H2,1-2H3,(H,33,39)(H2,32,34,35,38)/t14?,15-,16-/m0/s1. The maximum absolute atomic E-state index is 14.0. The summed E-state index contributed by atoms with van der Waals surface area (Å²) in [5, 5.41) is 12.0. The smallest absolute Gasteiger partial charge is 0.419 e. The van der Waals surface area contributed by atoms with Gasteiger partial charge in [-0.3, -0.25) is 14.7 Å². The van der Waals surface area contributed by atoms with Crippen molar-refractivity contribution in [1.82, 2.24) is 15.5 Å². The van der Waals surface area contributed by atoms with Crippen LogP contribution >= 0.6 is 11.6 Å². The number of ether oxygens (including phenoxy) is 1. The molecular weight excluding hydrogens is 551 g/mol. The maximum atomic E-state index is 14.0. The molecule has 0 bridgehead atoms. The quantitative estimate of drug-likeness (QED) is 0.378. The van der Waals surface area contributed by atoms with Gasteiger partial charge >= 0.3 is 12.3 Å². The van der Waals surface area contributed by atoms with Crippen LogP contribution in [0.4, 0.5) is 29.5 Å². The second-order valence-corrected chi connectivity index (χ2v) is 11.5. The van der Waals surface area contributed by atoms with Gasteiger partial charge in [0.05, 0.1) is 22.2 Å². The van der Waals surface area contributed by atoms with Crippen molar-refractivity contribution in [3.63, 3.8) is 0 Å². The number of H-pyrrole nitrogens is 1. The van der Waals surface area contributed by atoms with Crippen LogP contribution in [0.25, 0.3) is 0 Å². The Morgan fingerprint density at radius 2 is 2.02 bits per heavy atom. The predicted octanol–water partition coefficient (Wildman–Crippen LogP) is 5.87. The molecule has 3 fully saturated rings. The number of carbonyl (C=O) groups is 3. The summed E-state index contributed by atoms with van der Waals surface area (Å²) >= 11 is 6.25. The van der Waals surface area contributed by atoms with Crippen LogP contribution in [0.2, 0.25) is 5.02 Å². The van der Waals surface area contributed by atoms with E-state index in [9.17, 15) is 27.6 Å². The Morgan fingerprint density at radius 1 is 1.27 bits per heavy atom. The second kappa shape index (κ2) is 10.6. The fourth-order valence-corrected chi connectivity index (χ4v) is 5.80. The van der Waals surface area contributed by atoms with Gasteiger partial charge in [0.25, 0.3) is 0 Å². The normalized spacial score (nSPS) is 22.8. The summed E-state index contributed by atoms with van der Waals surface area (Å²) in [5.41, 5.74) is -0.823. The summed E-state index contributed by atoms with van der Waals surface area (Å²) in [5.74, 6) is -1.74. The van der Waals surface area contributed by atoms with E-state index < -0.39 is 40.6 Å². The summed E-state index contributed by atoms with van der Waals surface area (Å²) < 4.78 is 47.7. The molecule has 1 aliphatic heterocycles. The lowest BCUT2D eigenvalue weighted by Gasteiger charge is -2.24. The van der Waals surface area contributed by atoms with Gasteiger partial charge in [-0.25, -0.2) is 4.79 Å². The Hall–Kier alpha value is -3.28. The minimum atomic E-state index is -4.82. The van der Waals surface area contributed by atoms with E-state index in [2.05, 4.69) is 20.8 Å². The highest BCUT2D eigenvalue weighted by Gasteiger charge is 2.42. The zero-order chi connectivity index (χ0) is 28.8. The van der Waals surface area contributed by atoms with Gasteiger partial charge in [0.1, 0.15) is 6.10 Å². The molecule has 9 nitrogen and oxygen atoms in total. The van der Waals surface area contributed by atoms with E-state index in [4.69, 9.17) is 16.3 Å². The van der Waals surface area contributed by atoms with Gasteiger partial charge < -0.3 is 20.3 Å². The fourth-order valence-electron chi connectivity index (χ4n) is 5.37. The number of carbonyl (C=O) groups excluding carboxylic acids is 3. The SMILES string of the molecule is CC(C(=O)Nc1cc([C@H]2CC[C@H](OC(=O)NC3(C)CC3)C2)[nH]n1)c1ccc(N2CCCC2=O)c(C(F)(F)F)c1Cl. The molecule has 40 heavy (non-hydrogen) atoms. The minimum absolute atomic E-state index is 0.00763. The van der Waals surface area contributed by atoms with Crippen molar-refractivity contribution < 1.29 is 32.3 Å². The third-order valence-electron chi connectivity index (χ3n) is 8.01. The fraction of sp³-hybridized carbons (Fsp3) is 0.556. The van der Waals surface area contributed by atoms with Crippen LogP contribution in [0, 0.1) is 0 Å². The Bertz CT molecular complexity index is 1330. The second-order valence-electron chi connectivity index (χ2n) is 11.2. The van der Waals surface area contributed by atoms with E-state index in [1.807, 2.05) is 6.92 Å². The molecule has 3 atom stereocenters. The van der Waals surface area contributed by atoms with E-state index in [0.29, 0.717) is 19.3 Å². The predicted molar refractivity (Wildman–Crippen MR) is 141 cm³/mol. The largest absolute Gasteiger partial charge is 0.446 e. The summed E-state index contributed by atoms with van der Waals surface area (Å²) in [6.45, 7) is 3.61. The van der Waals surface area contributed by atoms with Crippen molar-refractivity contribution >= 4 is 41.0 Å². The van der Waals surface area contributed by atoms with Gasteiger partial charge in [0, 0.05) is 36.2 Å². The first kappa shape index (κ1) is 28.3. The van der Waals surface area contributed by atoms with Gasteiger partial charge in [0.15, 0.2) is 5.82 Å². The van der Waals surface area contributed by atoms with Crippen molar-refractivity contribution in [2.24, 2.45) is 0 Å². The van der Waals surface area contributed by atoms with E-state index in [0.717, 1.165) is 29.9 Å².